The summed E-state index contributed by atoms with van der Waals surface area (Å²) in [6.45, 7) is 5.91. The van der Waals surface area contributed by atoms with Crippen LogP contribution in [0.15, 0.2) is 5.38 Å². The molecule has 1 unspecified atom stereocenters. The third-order valence-electron chi connectivity index (χ3n) is 4.57. The number of likely N-dealkylation sites (tertiary alicyclic amines) is 1. The standard InChI is InChI=1S/C16H26N4O2S.2ClH/c1-11-3-2-6-20(8-11)9-12-10-23-16(18-12)19-15(21)14-5-4-13(7-17)22-14;;/h10-11,13-14H,2-9,17H2,1H3,(H,18,19,21);2*1H/t11?,13-,14+;;/m1../s1. The Morgan fingerprint density at radius 2 is 2.24 bits per heavy atom. The second-order valence-electron chi connectivity index (χ2n) is 6.68. The third kappa shape index (κ3) is 6.34. The summed E-state index contributed by atoms with van der Waals surface area (Å²) in [6, 6.07) is 0. The number of piperidine rings is 1. The number of anilines is 1. The van der Waals surface area contributed by atoms with Crippen molar-refractivity contribution in [1.82, 2.24) is 9.88 Å². The zero-order valence-corrected chi connectivity index (χ0v) is 16.9. The summed E-state index contributed by atoms with van der Waals surface area (Å²) < 4.78 is 5.62. The lowest BCUT2D eigenvalue weighted by Crippen LogP contribution is -2.33. The Labute approximate surface area is 165 Å². The zero-order valence-electron chi connectivity index (χ0n) is 14.5. The number of aromatic nitrogens is 1. The summed E-state index contributed by atoms with van der Waals surface area (Å²) in [4.78, 5) is 19.2. The Morgan fingerprint density at radius 1 is 1.44 bits per heavy atom. The van der Waals surface area contributed by atoms with E-state index in [9.17, 15) is 4.79 Å². The van der Waals surface area contributed by atoms with Crippen molar-refractivity contribution in [3.05, 3.63) is 11.1 Å². The number of carbonyl (C=O) groups excluding carboxylic acids is 1. The second-order valence-corrected chi connectivity index (χ2v) is 7.53. The molecule has 2 fully saturated rings. The maximum Gasteiger partial charge on any atom is 0.255 e. The molecule has 25 heavy (non-hydrogen) atoms. The van der Waals surface area contributed by atoms with E-state index in [1.165, 1.54) is 24.2 Å². The maximum atomic E-state index is 12.2. The van der Waals surface area contributed by atoms with Gasteiger partial charge in [0, 0.05) is 25.0 Å². The minimum absolute atomic E-state index is 0. The van der Waals surface area contributed by atoms with Crippen LogP contribution in [0.3, 0.4) is 0 Å². The topological polar surface area (TPSA) is 80.5 Å². The lowest BCUT2D eigenvalue weighted by molar-refractivity contribution is -0.126. The summed E-state index contributed by atoms with van der Waals surface area (Å²) in [6.07, 6.45) is 3.79. The fourth-order valence-electron chi connectivity index (χ4n) is 3.35. The molecule has 0 bridgehead atoms. The van der Waals surface area contributed by atoms with Crippen LogP contribution in [0.2, 0.25) is 0 Å². The minimum Gasteiger partial charge on any atom is -0.364 e. The molecule has 1 aromatic heterocycles. The molecule has 1 aromatic rings. The molecule has 3 atom stereocenters. The molecular formula is C16H28Cl2N4O2S. The number of carbonyl (C=O) groups is 1. The lowest BCUT2D eigenvalue weighted by Gasteiger charge is -2.30. The molecule has 3 N–H and O–H groups in total. The van der Waals surface area contributed by atoms with Gasteiger partial charge in [0.15, 0.2) is 5.13 Å². The van der Waals surface area contributed by atoms with Crippen molar-refractivity contribution in [2.75, 3.05) is 25.0 Å². The Hall–Kier alpha value is -0.440. The van der Waals surface area contributed by atoms with E-state index in [-0.39, 0.29) is 42.9 Å². The van der Waals surface area contributed by atoms with E-state index in [1.807, 2.05) is 5.38 Å². The number of hydrogen-bond acceptors (Lipinski definition) is 6. The number of nitrogens with one attached hydrogen (secondary N) is 1. The number of nitrogens with zero attached hydrogens (tertiary/aromatic N) is 2. The molecule has 0 aromatic carbocycles. The molecule has 3 rings (SSSR count). The second kappa shape index (κ2) is 10.6. The molecule has 9 heteroatoms. The van der Waals surface area contributed by atoms with E-state index >= 15 is 0 Å². The van der Waals surface area contributed by atoms with Gasteiger partial charge in [-0.05, 0) is 38.1 Å². The van der Waals surface area contributed by atoms with Gasteiger partial charge in [0.05, 0.1) is 11.8 Å². The van der Waals surface area contributed by atoms with E-state index in [0.29, 0.717) is 11.7 Å². The van der Waals surface area contributed by atoms with Crippen molar-refractivity contribution in [3.63, 3.8) is 0 Å². The maximum absolute atomic E-state index is 12.2. The van der Waals surface area contributed by atoms with Crippen LogP contribution in [-0.2, 0) is 16.1 Å². The predicted octanol–water partition coefficient (Wildman–Crippen LogP) is 2.66. The van der Waals surface area contributed by atoms with Gasteiger partial charge in [-0.1, -0.05) is 6.92 Å². The number of nitrogens with two attached hydrogens (primary N) is 1. The smallest absolute Gasteiger partial charge is 0.255 e. The third-order valence-corrected chi connectivity index (χ3v) is 5.38. The molecule has 3 heterocycles. The van der Waals surface area contributed by atoms with Gasteiger partial charge in [-0.25, -0.2) is 4.98 Å². The fraction of sp³-hybridized carbons (Fsp3) is 0.750. The van der Waals surface area contributed by atoms with Crippen molar-refractivity contribution in [1.29, 1.82) is 0 Å². The molecule has 6 nitrogen and oxygen atoms in total. The van der Waals surface area contributed by atoms with E-state index in [4.69, 9.17) is 10.5 Å². The lowest BCUT2D eigenvalue weighted by atomic mass is 10.0. The van der Waals surface area contributed by atoms with E-state index in [1.54, 1.807) is 0 Å². The molecule has 0 spiro atoms. The molecular weight excluding hydrogens is 383 g/mol. The molecule has 0 saturated carbocycles. The van der Waals surface area contributed by atoms with Crippen molar-refractivity contribution < 1.29 is 9.53 Å². The summed E-state index contributed by atoms with van der Waals surface area (Å²) in [5, 5.41) is 5.58. The number of amides is 1. The average molecular weight is 411 g/mol. The van der Waals surface area contributed by atoms with Gasteiger partial charge in [-0.15, -0.1) is 36.2 Å². The first-order chi connectivity index (χ1) is 11.1. The summed E-state index contributed by atoms with van der Waals surface area (Å²) in [7, 11) is 0. The zero-order chi connectivity index (χ0) is 16.2. The Kier molecular flexibility index (Phi) is 9.62. The molecule has 2 aliphatic rings. The number of rotatable bonds is 5. The van der Waals surface area contributed by atoms with Gasteiger partial charge >= 0.3 is 0 Å². The van der Waals surface area contributed by atoms with Crippen LogP contribution in [0.1, 0.15) is 38.3 Å². The van der Waals surface area contributed by atoms with Gasteiger partial charge in [-0.3, -0.25) is 15.0 Å². The van der Waals surface area contributed by atoms with Crippen LogP contribution < -0.4 is 11.1 Å². The SMILES string of the molecule is CC1CCCN(Cc2csc(NC(=O)[C@@H]3CC[C@H](CN)O3)n2)C1.Cl.Cl. The molecule has 1 amide bonds. The molecule has 144 valence electrons. The van der Waals surface area contributed by atoms with Crippen molar-refractivity contribution in [2.45, 2.75) is 51.4 Å². The predicted molar refractivity (Wildman–Crippen MR) is 106 cm³/mol. The van der Waals surface area contributed by atoms with E-state index < -0.39 is 0 Å². The minimum atomic E-state index is -0.390. The van der Waals surface area contributed by atoms with Crippen LogP contribution >= 0.6 is 36.2 Å². The molecule has 0 aliphatic carbocycles. The Bertz CT molecular complexity index is 546. The van der Waals surface area contributed by atoms with Crippen molar-refractivity contribution in [3.8, 4) is 0 Å². The average Bonchev–Trinajstić information content (AvgIpc) is 3.16. The monoisotopic (exact) mass is 410 g/mol. The highest BCUT2D eigenvalue weighted by molar-refractivity contribution is 7.13. The highest BCUT2D eigenvalue weighted by atomic mass is 35.5. The van der Waals surface area contributed by atoms with Gasteiger partial charge in [0.25, 0.3) is 5.91 Å². The number of hydrogen-bond donors (Lipinski definition) is 2. The van der Waals surface area contributed by atoms with Gasteiger partial charge in [-0.2, -0.15) is 0 Å². The summed E-state index contributed by atoms with van der Waals surface area (Å²) in [5.74, 6) is 0.657. The molecule has 2 saturated heterocycles. The number of ether oxygens (including phenoxy) is 1. The van der Waals surface area contributed by atoms with Crippen LogP contribution in [0, 0.1) is 5.92 Å². The first-order valence-electron chi connectivity index (χ1n) is 8.47. The Morgan fingerprint density at radius 3 is 2.92 bits per heavy atom. The van der Waals surface area contributed by atoms with Gasteiger partial charge in [0.2, 0.25) is 0 Å². The van der Waals surface area contributed by atoms with E-state index in [0.717, 1.165) is 44.1 Å². The summed E-state index contributed by atoms with van der Waals surface area (Å²) in [5.41, 5.74) is 6.61. The number of halogens is 2. The van der Waals surface area contributed by atoms with Crippen LogP contribution in [0.4, 0.5) is 5.13 Å². The quantitative estimate of drug-likeness (QED) is 0.779. The number of thiazole rings is 1. The van der Waals surface area contributed by atoms with Crippen molar-refractivity contribution >= 4 is 47.2 Å². The summed E-state index contributed by atoms with van der Waals surface area (Å²) >= 11 is 1.48. The highest BCUT2D eigenvalue weighted by Gasteiger charge is 2.30. The Balaban J connectivity index is 0.00000156. The van der Waals surface area contributed by atoms with Gasteiger partial charge < -0.3 is 10.5 Å². The fourth-order valence-corrected chi connectivity index (χ4v) is 4.06. The van der Waals surface area contributed by atoms with Crippen LogP contribution in [0.25, 0.3) is 0 Å². The van der Waals surface area contributed by atoms with Crippen LogP contribution in [0.5, 0.6) is 0 Å². The molecule has 0 radical (unpaired) electrons. The molecule has 2 aliphatic heterocycles. The normalized spacial score (nSPS) is 26.6. The van der Waals surface area contributed by atoms with Crippen LogP contribution in [-0.4, -0.2) is 47.6 Å². The van der Waals surface area contributed by atoms with Crippen molar-refractivity contribution in [2.24, 2.45) is 11.7 Å². The largest absolute Gasteiger partial charge is 0.364 e. The first kappa shape index (κ1) is 22.6. The highest BCUT2D eigenvalue weighted by Crippen LogP contribution is 2.23. The first-order valence-corrected chi connectivity index (χ1v) is 9.35. The van der Waals surface area contributed by atoms with Gasteiger partial charge in [0.1, 0.15) is 6.10 Å². The van der Waals surface area contributed by atoms with E-state index in [2.05, 4.69) is 22.1 Å².